The molecule has 20 heavy (non-hydrogen) atoms. The number of Topliss-reactive ketones (excluding diaryl/α,β-unsaturated/α-hetero) is 1. The number of aryl methyl sites for hydroxylation is 4. The molecule has 0 radical (unpaired) electrons. The number of benzene rings is 1. The highest BCUT2D eigenvalue weighted by Gasteiger charge is 2.20. The van der Waals surface area contributed by atoms with Crippen molar-refractivity contribution in [2.24, 2.45) is 7.05 Å². The van der Waals surface area contributed by atoms with Crippen molar-refractivity contribution in [2.75, 3.05) is 0 Å². The second-order valence-corrected chi connectivity index (χ2v) is 6.55. The largest absolute Gasteiger partial charge is 0.293 e. The van der Waals surface area contributed by atoms with E-state index in [-0.39, 0.29) is 11.0 Å². The highest BCUT2D eigenvalue weighted by Crippen LogP contribution is 2.27. The van der Waals surface area contributed by atoms with Gasteiger partial charge in [0.2, 0.25) is 0 Å². The second kappa shape index (κ2) is 5.83. The summed E-state index contributed by atoms with van der Waals surface area (Å²) in [6, 6.07) is 8.03. The number of hydrogen-bond donors (Lipinski definition) is 0. The number of hydrogen-bond acceptors (Lipinski definition) is 3. The normalized spacial score (nSPS) is 12.4. The minimum atomic E-state index is -0.120. The SMILES string of the molecule is Cc1ccc(C)c(C(=O)C(C)Sc2cc(C)nn2C)c1. The average molecular weight is 288 g/mol. The minimum absolute atomic E-state index is 0.120. The Morgan fingerprint density at radius 2 is 1.95 bits per heavy atom. The summed E-state index contributed by atoms with van der Waals surface area (Å²) < 4.78 is 1.83. The number of carbonyl (C=O) groups is 1. The van der Waals surface area contributed by atoms with Crippen LogP contribution in [0.3, 0.4) is 0 Å². The second-order valence-electron chi connectivity index (χ2n) is 5.19. The van der Waals surface area contributed by atoms with Crippen LogP contribution in [0.1, 0.15) is 34.1 Å². The van der Waals surface area contributed by atoms with Crippen LogP contribution >= 0.6 is 11.8 Å². The zero-order valence-corrected chi connectivity index (χ0v) is 13.4. The molecule has 0 aliphatic carbocycles. The van der Waals surface area contributed by atoms with E-state index in [0.29, 0.717) is 0 Å². The molecule has 1 unspecified atom stereocenters. The number of rotatable bonds is 4. The molecule has 1 heterocycles. The fraction of sp³-hybridized carbons (Fsp3) is 0.375. The highest BCUT2D eigenvalue weighted by molar-refractivity contribution is 8.00. The van der Waals surface area contributed by atoms with Crippen LogP contribution in [0.25, 0.3) is 0 Å². The Morgan fingerprint density at radius 1 is 1.25 bits per heavy atom. The average Bonchev–Trinajstić information content (AvgIpc) is 2.70. The molecule has 2 rings (SSSR count). The van der Waals surface area contributed by atoms with Crippen LogP contribution in [0.15, 0.2) is 29.3 Å². The van der Waals surface area contributed by atoms with Crippen molar-refractivity contribution in [3.63, 3.8) is 0 Å². The van der Waals surface area contributed by atoms with E-state index in [1.807, 2.05) is 63.7 Å². The Kier molecular flexibility index (Phi) is 4.33. The Labute approximate surface area is 124 Å². The van der Waals surface area contributed by atoms with Crippen LogP contribution in [0.5, 0.6) is 0 Å². The first-order chi connectivity index (χ1) is 9.38. The zero-order valence-electron chi connectivity index (χ0n) is 12.6. The molecule has 0 saturated carbocycles. The van der Waals surface area contributed by atoms with Crippen molar-refractivity contribution in [3.8, 4) is 0 Å². The Hall–Kier alpha value is -1.55. The number of thioether (sulfide) groups is 1. The predicted molar refractivity (Wildman–Crippen MR) is 83.5 cm³/mol. The summed E-state index contributed by atoms with van der Waals surface area (Å²) in [4.78, 5) is 12.6. The third-order valence-electron chi connectivity index (χ3n) is 3.28. The molecule has 0 N–H and O–H groups in total. The quantitative estimate of drug-likeness (QED) is 0.635. The maximum atomic E-state index is 12.6. The van der Waals surface area contributed by atoms with Crippen LogP contribution < -0.4 is 0 Å². The van der Waals surface area contributed by atoms with Crippen LogP contribution in [0.4, 0.5) is 0 Å². The lowest BCUT2D eigenvalue weighted by atomic mass is 10.0. The summed E-state index contributed by atoms with van der Waals surface area (Å²) >= 11 is 1.56. The summed E-state index contributed by atoms with van der Waals surface area (Å²) in [5.74, 6) is 0.176. The minimum Gasteiger partial charge on any atom is -0.293 e. The number of ketones is 1. The summed E-state index contributed by atoms with van der Waals surface area (Å²) in [5.41, 5.74) is 3.95. The lowest BCUT2D eigenvalue weighted by Crippen LogP contribution is -2.15. The van der Waals surface area contributed by atoms with Gasteiger partial charge in [-0.15, -0.1) is 0 Å². The van der Waals surface area contributed by atoms with Crippen molar-refractivity contribution in [1.82, 2.24) is 9.78 Å². The highest BCUT2D eigenvalue weighted by atomic mass is 32.2. The van der Waals surface area contributed by atoms with Crippen LogP contribution in [0, 0.1) is 20.8 Å². The van der Waals surface area contributed by atoms with E-state index in [1.165, 1.54) is 0 Å². The molecule has 2 aromatic rings. The van der Waals surface area contributed by atoms with Gasteiger partial charge in [-0.3, -0.25) is 9.48 Å². The third kappa shape index (κ3) is 3.12. The maximum Gasteiger partial charge on any atom is 0.176 e. The molecule has 0 aliphatic rings. The standard InChI is InChI=1S/C16H20N2OS/c1-10-6-7-11(2)14(8-10)16(19)13(4)20-15-9-12(3)17-18(15)5/h6-9,13H,1-5H3. The number of aromatic nitrogens is 2. The molecule has 0 amide bonds. The molecule has 1 atom stereocenters. The first kappa shape index (κ1) is 14.9. The van der Waals surface area contributed by atoms with Gasteiger partial charge in [0.25, 0.3) is 0 Å². The summed E-state index contributed by atoms with van der Waals surface area (Å²) in [7, 11) is 1.91. The Balaban J connectivity index is 2.20. The van der Waals surface area contributed by atoms with Crippen LogP contribution in [0.2, 0.25) is 0 Å². The first-order valence-corrected chi connectivity index (χ1v) is 7.55. The molecule has 0 saturated heterocycles. The molecule has 1 aromatic carbocycles. The molecular formula is C16H20N2OS. The van der Waals surface area contributed by atoms with E-state index in [2.05, 4.69) is 5.10 Å². The molecule has 4 heteroatoms. The molecule has 0 spiro atoms. The monoisotopic (exact) mass is 288 g/mol. The van der Waals surface area contributed by atoms with Gasteiger partial charge in [0.15, 0.2) is 5.78 Å². The summed E-state index contributed by atoms with van der Waals surface area (Å²) in [5, 5.41) is 5.21. The topological polar surface area (TPSA) is 34.9 Å². The number of nitrogens with zero attached hydrogens (tertiary/aromatic N) is 2. The van der Waals surface area contributed by atoms with Crippen molar-refractivity contribution < 1.29 is 4.79 Å². The molecule has 3 nitrogen and oxygen atoms in total. The van der Waals surface area contributed by atoms with E-state index >= 15 is 0 Å². The molecule has 1 aromatic heterocycles. The Bertz CT molecular complexity index is 646. The molecule has 0 fully saturated rings. The van der Waals surface area contributed by atoms with Gasteiger partial charge in [0.05, 0.1) is 16.0 Å². The van der Waals surface area contributed by atoms with Gasteiger partial charge in [-0.25, -0.2) is 0 Å². The van der Waals surface area contributed by atoms with Crippen molar-refractivity contribution in [1.29, 1.82) is 0 Å². The van der Waals surface area contributed by atoms with Gasteiger partial charge >= 0.3 is 0 Å². The first-order valence-electron chi connectivity index (χ1n) is 6.67. The molecule has 106 valence electrons. The fourth-order valence-corrected chi connectivity index (χ4v) is 3.18. The van der Waals surface area contributed by atoms with E-state index in [0.717, 1.165) is 27.4 Å². The van der Waals surface area contributed by atoms with E-state index < -0.39 is 0 Å². The molecule has 0 bridgehead atoms. The maximum absolute atomic E-state index is 12.6. The van der Waals surface area contributed by atoms with E-state index in [1.54, 1.807) is 11.8 Å². The summed E-state index contributed by atoms with van der Waals surface area (Å²) in [6.07, 6.45) is 0. The third-order valence-corrected chi connectivity index (χ3v) is 4.48. The van der Waals surface area contributed by atoms with Gasteiger partial charge in [0.1, 0.15) is 0 Å². The summed E-state index contributed by atoms with van der Waals surface area (Å²) in [6.45, 7) is 7.91. The Morgan fingerprint density at radius 3 is 2.55 bits per heavy atom. The van der Waals surface area contributed by atoms with Gasteiger partial charge in [-0.2, -0.15) is 5.10 Å². The van der Waals surface area contributed by atoms with Gasteiger partial charge in [0, 0.05) is 12.6 Å². The smallest absolute Gasteiger partial charge is 0.176 e. The fourth-order valence-electron chi connectivity index (χ4n) is 2.15. The van der Waals surface area contributed by atoms with Gasteiger partial charge < -0.3 is 0 Å². The van der Waals surface area contributed by atoms with Crippen molar-refractivity contribution in [3.05, 3.63) is 46.6 Å². The lowest BCUT2D eigenvalue weighted by Gasteiger charge is -2.12. The van der Waals surface area contributed by atoms with Crippen LogP contribution in [-0.4, -0.2) is 20.8 Å². The lowest BCUT2D eigenvalue weighted by molar-refractivity contribution is 0.0993. The van der Waals surface area contributed by atoms with Crippen LogP contribution in [-0.2, 0) is 7.05 Å². The van der Waals surface area contributed by atoms with E-state index in [9.17, 15) is 4.79 Å². The number of carbonyl (C=O) groups excluding carboxylic acids is 1. The van der Waals surface area contributed by atoms with Gasteiger partial charge in [-0.1, -0.05) is 29.5 Å². The predicted octanol–water partition coefficient (Wildman–Crippen LogP) is 3.71. The molecule has 0 aliphatic heterocycles. The van der Waals surface area contributed by atoms with Gasteiger partial charge in [-0.05, 0) is 45.4 Å². The van der Waals surface area contributed by atoms with Crippen molar-refractivity contribution >= 4 is 17.5 Å². The molecular weight excluding hydrogens is 268 g/mol. The zero-order chi connectivity index (χ0) is 14.9. The van der Waals surface area contributed by atoms with E-state index in [4.69, 9.17) is 0 Å². The van der Waals surface area contributed by atoms with Crippen molar-refractivity contribution in [2.45, 2.75) is 38.0 Å².